The van der Waals surface area contributed by atoms with Gasteiger partial charge in [0.15, 0.2) is 5.78 Å². The van der Waals surface area contributed by atoms with Crippen molar-refractivity contribution in [3.63, 3.8) is 0 Å². The molecule has 6 nitrogen and oxygen atoms in total. The van der Waals surface area contributed by atoms with Gasteiger partial charge in [0.25, 0.3) is 0 Å². The third-order valence-corrected chi connectivity index (χ3v) is 6.95. The average molecular weight is 438 g/mol. The number of rotatable bonds is 7. The van der Waals surface area contributed by atoms with Crippen LogP contribution in [-0.2, 0) is 13.0 Å². The smallest absolute Gasteiger partial charge is 0.205 e. The van der Waals surface area contributed by atoms with Crippen molar-refractivity contribution >= 4 is 22.4 Å². The minimum absolute atomic E-state index is 0.222. The standard InChI is InChI=1S/C24H31N5OS/c1-18-16-22(19(2)29(18)13-10-21-8-5-4-6-9-21)23(30)17-27-11-7-12-28(15-14-27)24-25-20(3)26-31-24/h4-6,8-9,16H,7,10-15,17H2,1-3H3. The summed E-state index contributed by atoms with van der Waals surface area (Å²) in [6, 6.07) is 12.6. The van der Waals surface area contributed by atoms with Crippen LogP contribution in [0.4, 0.5) is 5.13 Å². The molecule has 0 N–H and O–H groups in total. The zero-order valence-corrected chi connectivity index (χ0v) is 19.5. The first kappa shape index (κ1) is 21.7. The van der Waals surface area contributed by atoms with E-state index in [-0.39, 0.29) is 5.78 Å². The Hall–Kier alpha value is -2.51. The minimum Gasteiger partial charge on any atom is -0.348 e. The van der Waals surface area contributed by atoms with Crippen LogP contribution in [0.1, 0.15) is 39.6 Å². The number of Topliss-reactive ketones (excluding diaryl/α,β-unsaturated/α-hetero) is 1. The van der Waals surface area contributed by atoms with E-state index in [1.807, 2.05) is 13.0 Å². The Morgan fingerprint density at radius 2 is 1.87 bits per heavy atom. The maximum Gasteiger partial charge on any atom is 0.205 e. The second-order valence-electron chi connectivity index (χ2n) is 8.34. The molecule has 1 aromatic carbocycles. The first-order valence-corrected chi connectivity index (χ1v) is 11.8. The van der Waals surface area contributed by atoms with E-state index in [2.05, 4.69) is 67.9 Å². The van der Waals surface area contributed by atoms with E-state index in [4.69, 9.17) is 0 Å². The molecule has 31 heavy (non-hydrogen) atoms. The predicted molar refractivity (Wildman–Crippen MR) is 126 cm³/mol. The third-order valence-electron chi connectivity index (χ3n) is 6.08. The molecule has 0 radical (unpaired) electrons. The van der Waals surface area contributed by atoms with Gasteiger partial charge in [-0.2, -0.15) is 4.37 Å². The van der Waals surface area contributed by atoms with Crippen molar-refractivity contribution in [2.24, 2.45) is 0 Å². The zero-order valence-electron chi connectivity index (χ0n) is 18.7. The average Bonchev–Trinajstić information content (AvgIpc) is 3.22. The van der Waals surface area contributed by atoms with Crippen LogP contribution in [0.2, 0.25) is 0 Å². The van der Waals surface area contributed by atoms with Crippen molar-refractivity contribution in [1.82, 2.24) is 18.8 Å². The van der Waals surface area contributed by atoms with Crippen molar-refractivity contribution in [3.05, 3.63) is 64.7 Å². The Morgan fingerprint density at radius 3 is 2.61 bits per heavy atom. The molecule has 3 aromatic rings. The molecule has 0 aliphatic carbocycles. The molecule has 164 valence electrons. The summed E-state index contributed by atoms with van der Waals surface area (Å²) in [5, 5.41) is 0.993. The van der Waals surface area contributed by atoms with Gasteiger partial charge in [-0.1, -0.05) is 30.3 Å². The number of carbonyl (C=O) groups excluding carboxylic acids is 1. The van der Waals surface area contributed by atoms with Gasteiger partial charge < -0.3 is 9.47 Å². The molecular formula is C24H31N5OS. The molecule has 3 heterocycles. The summed E-state index contributed by atoms with van der Waals surface area (Å²) in [5.41, 5.74) is 4.43. The number of anilines is 1. The molecule has 1 aliphatic heterocycles. The second-order valence-corrected chi connectivity index (χ2v) is 9.07. The number of ketones is 1. The fourth-order valence-electron chi connectivity index (χ4n) is 4.34. The van der Waals surface area contributed by atoms with Gasteiger partial charge in [0, 0.05) is 61.2 Å². The molecule has 0 atom stereocenters. The maximum atomic E-state index is 13.2. The Kier molecular flexibility index (Phi) is 6.83. The van der Waals surface area contributed by atoms with E-state index >= 15 is 0 Å². The van der Waals surface area contributed by atoms with Crippen LogP contribution in [0, 0.1) is 20.8 Å². The van der Waals surface area contributed by atoms with Crippen LogP contribution in [0.3, 0.4) is 0 Å². The lowest BCUT2D eigenvalue weighted by atomic mass is 10.1. The van der Waals surface area contributed by atoms with E-state index in [1.54, 1.807) is 0 Å². The van der Waals surface area contributed by atoms with Crippen LogP contribution >= 0.6 is 11.5 Å². The number of hydrogen-bond donors (Lipinski definition) is 0. The quantitative estimate of drug-likeness (QED) is 0.525. The number of aromatic nitrogens is 3. The summed E-state index contributed by atoms with van der Waals surface area (Å²) < 4.78 is 6.58. The zero-order chi connectivity index (χ0) is 21.8. The van der Waals surface area contributed by atoms with E-state index < -0.39 is 0 Å². The maximum absolute atomic E-state index is 13.2. The molecular weight excluding hydrogens is 406 g/mol. The molecule has 0 unspecified atom stereocenters. The van der Waals surface area contributed by atoms with Crippen LogP contribution in [0.5, 0.6) is 0 Å². The summed E-state index contributed by atoms with van der Waals surface area (Å²) in [6.45, 7) is 11.1. The lowest BCUT2D eigenvalue weighted by Crippen LogP contribution is -2.34. The topological polar surface area (TPSA) is 54.3 Å². The fraction of sp³-hybridized carbons (Fsp3) is 0.458. The van der Waals surface area contributed by atoms with Crippen molar-refractivity contribution in [1.29, 1.82) is 0 Å². The molecule has 7 heteroatoms. The molecule has 1 aliphatic rings. The highest BCUT2D eigenvalue weighted by atomic mass is 32.1. The summed E-state index contributed by atoms with van der Waals surface area (Å²) >= 11 is 1.46. The fourth-order valence-corrected chi connectivity index (χ4v) is 5.06. The summed E-state index contributed by atoms with van der Waals surface area (Å²) in [4.78, 5) is 22.3. The van der Waals surface area contributed by atoms with E-state index in [0.29, 0.717) is 6.54 Å². The summed E-state index contributed by atoms with van der Waals surface area (Å²) in [6.07, 6.45) is 2.00. The van der Waals surface area contributed by atoms with Crippen molar-refractivity contribution in [3.8, 4) is 0 Å². The van der Waals surface area contributed by atoms with Crippen LogP contribution in [-0.4, -0.2) is 57.3 Å². The van der Waals surface area contributed by atoms with Crippen molar-refractivity contribution < 1.29 is 4.79 Å². The van der Waals surface area contributed by atoms with Crippen molar-refractivity contribution in [2.45, 2.75) is 40.2 Å². The molecule has 1 fully saturated rings. The Bertz CT molecular complexity index is 1030. The lowest BCUT2D eigenvalue weighted by Gasteiger charge is -2.20. The Morgan fingerprint density at radius 1 is 1.06 bits per heavy atom. The van der Waals surface area contributed by atoms with Crippen LogP contribution in [0.25, 0.3) is 0 Å². The molecule has 0 saturated carbocycles. The van der Waals surface area contributed by atoms with E-state index in [0.717, 1.165) is 73.5 Å². The second kappa shape index (κ2) is 9.75. The highest BCUT2D eigenvalue weighted by Gasteiger charge is 2.22. The van der Waals surface area contributed by atoms with E-state index in [1.165, 1.54) is 17.1 Å². The molecule has 1 saturated heterocycles. The first-order chi connectivity index (χ1) is 15.0. The van der Waals surface area contributed by atoms with Gasteiger partial charge in [-0.3, -0.25) is 9.69 Å². The Labute approximate surface area is 188 Å². The number of nitrogens with zero attached hydrogens (tertiary/aromatic N) is 5. The van der Waals surface area contributed by atoms with Gasteiger partial charge in [0.1, 0.15) is 5.82 Å². The van der Waals surface area contributed by atoms with Crippen LogP contribution in [0.15, 0.2) is 36.4 Å². The highest BCUT2D eigenvalue weighted by molar-refractivity contribution is 7.09. The van der Waals surface area contributed by atoms with Gasteiger partial charge in [-0.15, -0.1) is 0 Å². The molecule has 0 amide bonds. The number of carbonyl (C=O) groups is 1. The summed E-state index contributed by atoms with van der Waals surface area (Å²) in [7, 11) is 0. The number of hydrogen-bond acceptors (Lipinski definition) is 6. The molecule has 2 aromatic heterocycles. The molecule has 4 rings (SSSR count). The lowest BCUT2D eigenvalue weighted by molar-refractivity contribution is 0.0934. The number of benzene rings is 1. The third kappa shape index (κ3) is 5.22. The molecule has 0 bridgehead atoms. The summed E-state index contributed by atoms with van der Waals surface area (Å²) in [5.74, 6) is 1.05. The number of aryl methyl sites for hydroxylation is 3. The normalized spacial score (nSPS) is 15.3. The molecule has 0 spiro atoms. The van der Waals surface area contributed by atoms with Gasteiger partial charge in [0.2, 0.25) is 5.13 Å². The van der Waals surface area contributed by atoms with Crippen molar-refractivity contribution in [2.75, 3.05) is 37.6 Å². The largest absolute Gasteiger partial charge is 0.348 e. The van der Waals surface area contributed by atoms with E-state index in [9.17, 15) is 4.79 Å². The first-order valence-electron chi connectivity index (χ1n) is 11.0. The SMILES string of the molecule is Cc1nsc(N2CCCN(CC(=O)c3cc(C)n(CCc4ccccc4)c3C)CC2)n1. The van der Waals surface area contributed by atoms with Crippen LogP contribution < -0.4 is 4.90 Å². The predicted octanol–water partition coefficient (Wildman–Crippen LogP) is 3.90. The Balaban J connectivity index is 1.37. The monoisotopic (exact) mass is 437 g/mol. The van der Waals surface area contributed by atoms with Gasteiger partial charge in [-0.05, 0) is 45.2 Å². The minimum atomic E-state index is 0.222. The van der Waals surface area contributed by atoms with Gasteiger partial charge in [0.05, 0.1) is 6.54 Å². The highest BCUT2D eigenvalue weighted by Crippen LogP contribution is 2.20. The van der Waals surface area contributed by atoms with Gasteiger partial charge >= 0.3 is 0 Å². The van der Waals surface area contributed by atoms with Gasteiger partial charge in [-0.25, -0.2) is 4.98 Å².